The summed E-state index contributed by atoms with van der Waals surface area (Å²) >= 11 is 1.05. The van der Waals surface area contributed by atoms with Crippen LogP contribution in [0.2, 0.25) is 0 Å². The molecule has 0 spiro atoms. The van der Waals surface area contributed by atoms with Gasteiger partial charge in [0.05, 0.1) is 15.1 Å². The van der Waals surface area contributed by atoms with Crippen molar-refractivity contribution in [3.8, 4) is 0 Å². The second-order valence-corrected chi connectivity index (χ2v) is 10.7. The predicted molar refractivity (Wildman–Crippen MR) is 122 cm³/mol. The van der Waals surface area contributed by atoms with E-state index in [1.807, 2.05) is 43.0 Å². The molecule has 7 nitrogen and oxygen atoms in total. The van der Waals surface area contributed by atoms with Crippen LogP contribution in [0.5, 0.6) is 0 Å². The Bertz CT molecular complexity index is 1290. The van der Waals surface area contributed by atoms with Crippen molar-refractivity contribution in [2.75, 3.05) is 6.54 Å². The second kappa shape index (κ2) is 8.57. The van der Waals surface area contributed by atoms with Crippen LogP contribution in [0, 0.1) is 0 Å². The molecule has 2 aromatic carbocycles. The van der Waals surface area contributed by atoms with Gasteiger partial charge in [-0.1, -0.05) is 35.6 Å². The van der Waals surface area contributed by atoms with Crippen molar-refractivity contribution < 1.29 is 13.2 Å². The minimum Gasteiger partial charge on any atom is -0.338 e. The SMILES string of the molecule is CC(C)n1c(=O)sc2cc(S(=O)(=O)NCc3ccccc3CN3CCCC3=O)ccc21. The second-order valence-electron chi connectivity index (χ2n) is 7.97. The number of hydrogen-bond donors (Lipinski definition) is 1. The van der Waals surface area contributed by atoms with Crippen molar-refractivity contribution in [1.82, 2.24) is 14.2 Å². The average Bonchev–Trinajstić information content (AvgIpc) is 3.28. The maximum atomic E-state index is 12.9. The summed E-state index contributed by atoms with van der Waals surface area (Å²) in [4.78, 5) is 26.0. The first-order valence-corrected chi connectivity index (χ1v) is 12.6. The number of likely N-dealkylation sites (tertiary alicyclic amines) is 1. The van der Waals surface area contributed by atoms with Crippen molar-refractivity contribution in [2.45, 2.75) is 50.7 Å². The Morgan fingerprint density at radius 3 is 2.52 bits per heavy atom. The lowest BCUT2D eigenvalue weighted by atomic mass is 10.1. The molecule has 1 aromatic heterocycles. The number of sulfonamides is 1. The standard InChI is InChI=1S/C22H25N3O4S2/c1-15(2)25-19-10-9-18(12-20(19)30-22(25)27)31(28,29)23-13-16-6-3-4-7-17(16)14-24-11-5-8-21(24)26/h3-4,6-7,9-10,12,15,23H,5,8,11,13-14H2,1-2H3. The van der Waals surface area contributed by atoms with Crippen LogP contribution in [0.3, 0.4) is 0 Å². The van der Waals surface area contributed by atoms with E-state index >= 15 is 0 Å². The van der Waals surface area contributed by atoms with E-state index in [1.54, 1.807) is 16.7 Å². The number of carbonyl (C=O) groups excluding carboxylic acids is 1. The van der Waals surface area contributed by atoms with Crippen molar-refractivity contribution in [2.24, 2.45) is 0 Å². The predicted octanol–water partition coefficient (Wildman–Crippen LogP) is 3.24. The van der Waals surface area contributed by atoms with Gasteiger partial charge in [-0.2, -0.15) is 0 Å². The van der Waals surface area contributed by atoms with Crippen LogP contribution in [0.15, 0.2) is 52.2 Å². The zero-order valence-corrected chi connectivity index (χ0v) is 19.1. The minimum absolute atomic E-state index is 0.000762. The number of nitrogens with zero attached hydrogens (tertiary/aromatic N) is 2. The molecule has 1 N–H and O–H groups in total. The van der Waals surface area contributed by atoms with Crippen LogP contribution in [-0.4, -0.2) is 30.3 Å². The first-order valence-electron chi connectivity index (χ1n) is 10.3. The Kier molecular flexibility index (Phi) is 6.00. The van der Waals surface area contributed by atoms with Gasteiger partial charge in [0, 0.05) is 32.1 Å². The fourth-order valence-electron chi connectivity index (χ4n) is 3.89. The van der Waals surface area contributed by atoms with Crippen LogP contribution in [0.4, 0.5) is 0 Å². The molecule has 1 fully saturated rings. The lowest BCUT2D eigenvalue weighted by molar-refractivity contribution is -0.128. The summed E-state index contributed by atoms with van der Waals surface area (Å²) < 4.78 is 30.8. The molecule has 31 heavy (non-hydrogen) atoms. The summed E-state index contributed by atoms with van der Waals surface area (Å²) in [5.74, 6) is 0.135. The van der Waals surface area contributed by atoms with E-state index in [1.165, 1.54) is 6.07 Å². The molecule has 1 aliphatic heterocycles. The third-order valence-electron chi connectivity index (χ3n) is 5.52. The summed E-state index contributed by atoms with van der Waals surface area (Å²) in [7, 11) is -3.76. The molecule has 0 atom stereocenters. The van der Waals surface area contributed by atoms with Crippen LogP contribution in [0.25, 0.3) is 10.2 Å². The molecule has 4 rings (SSSR count). The number of amides is 1. The Labute approximate surface area is 185 Å². The normalized spacial score (nSPS) is 14.8. The van der Waals surface area contributed by atoms with Gasteiger partial charge in [-0.05, 0) is 49.6 Å². The Morgan fingerprint density at radius 2 is 1.84 bits per heavy atom. The van der Waals surface area contributed by atoms with Gasteiger partial charge < -0.3 is 4.90 Å². The zero-order valence-electron chi connectivity index (χ0n) is 17.5. The van der Waals surface area contributed by atoms with Crippen LogP contribution in [-0.2, 0) is 27.9 Å². The van der Waals surface area contributed by atoms with Crippen molar-refractivity contribution >= 4 is 37.5 Å². The van der Waals surface area contributed by atoms with Crippen LogP contribution >= 0.6 is 11.3 Å². The molecular formula is C22H25N3O4S2. The lowest BCUT2D eigenvalue weighted by Crippen LogP contribution is -2.27. The van der Waals surface area contributed by atoms with Crippen molar-refractivity contribution in [1.29, 1.82) is 0 Å². The number of carbonyl (C=O) groups is 1. The van der Waals surface area contributed by atoms with E-state index in [-0.39, 0.29) is 28.3 Å². The summed E-state index contributed by atoms with van der Waals surface area (Å²) in [5.41, 5.74) is 2.51. The van der Waals surface area contributed by atoms with E-state index in [2.05, 4.69) is 4.72 Å². The molecule has 1 saturated heterocycles. The van der Waals surface area contributed by atoms with Crippen molar-refractivity contribution in [3.63, 3.8) is 0 Å². The number of benzene rings is 2. The number of thiazole rings is 1. The Hall–Kier alpha value is -2.49. The van der Waals surface area contributed by atoms with Crippen LogP contribution in [0.1, 0.15) is 43.9 Å². The highest BCUT2D eigenvalue weighted by molar-refractivity contribution is 7.89. The monoisotopic (exact) mass is 459 g/mol. The maximum absolute atomic E-state index is 12.9. The van der Waals surface area contributed by atoms with E-state index < -0.39 is 10.0 Å². The van der Waals surface area contributed by atoms with E-state index in [4.69, 9.17) is 0 Å². The molecule has 0 unspecified atom stereocenters. The van der Waals surface area contributed by atoms with Gasteiger partial charge >= 0.3 is 4.87 Å². The van der Waals surface area contributed by atoms with E-state index in [0.29, 0.717) is 17.7 Å². The molecular weight excluding hydrogens is 434 g/mol. The highest BCUT2D eigenvalue weighted by Gasteiger charge is 2.22. The number of hydrogen-bond acceptors (Lipinski definition) is 5. The molecule has 0 saturated carbocycles. The summed E-state index contributed by atoms with van der Waals surface area (Å²) in [5, 5.41) is 0. The fourth-order valence-corrected chi connectivity index (χ4v) is 6.05. The quantitative estimate of drug-likeness (QED) is 0.587. The van der Waals surface area contributed by atoms with Gasteiger partial charge in [0.25, 0.3) is 0 Å². The highest BCUT2D eigenvalue weighted by atomic mass is 32.2. The number of aromatic nitrogens is 1. The van der Waals surface area contributed by atoms with Gasteiger partial charge in [0.2, 0.25) is 15.9 Å². The molecule has 0 radical (unpaired) electrons. The fraction of sp³-hybridized carbons (Fsp3) is 0.364. The molecule has 9 heteroatoms. The first-order chi connectivity index (χ1) is 14.8. The largest absolute Gasteiger partial charge is 0.338 e. The first kappa shape index (κ1) is 21.7. The summed E-state index contributed by atoms with van der Waals surface area (Å²) in [6, 6.07) is 12.3. The Morgan fingerprint density at radius 1 is 1.10 bits per heavy atom. The summed E-state index contributed by atoms with van der Waals surface area (Å²) in [6.45, 7) is 5.19. The van der Waals surface area contributed by atoms with Crippen molar-refractivity contribution in [3.05, 3.63) is 63.3 Å². The zero-order chi connectivity index (χ0) is 22.2. The van der Waals surface area contributed by atoms with Gasteiger partial charge in [-0.25, -0.2) is 13.1 Å². The van der Waals surface area contributed by atoms with Gasteiger partial charge in [-0.3, -0.25) is 14.2 Å². The number of fused-ring (bicyclic) bond motifs is 1. The highest BCUT2D eigenvalue weighted by Crippen LogP contribution is 2.24. The molecule has 164 valence electrons. The number of rotatable bonds is 7. The van der Waals surface area contributed by atoms with Gasteiger partial charge in [0.15, 0.2) is 0 Å². The lowest BCUT2D eigenvalue weighted by Gasteiger charge is -2.18. The average molecular weight is 460 g/mol. The molecule has 1 amide bonds. The molecule has 0 bridgehead atoms. The van der Waals surface area contributed by atoms with E-state index in [9.17, 15) is 18.0 Å². The molecule has 3 aromatic rings. The summed E-state index contributed by atoms with van der Waals surface area (Å²) in [6.07, 6.45) is 1.43. The minimum atomic E-state index is -3.76. The Balaban J connectivity index is 1.55. The van der Waals surface area contributed by atoms with Crippen LogP contribution < -0.4 is 9.60 Å². The maximum Gasteiger partial charge on any atom is 0.308 e. The smallest absolute Gasteiger partial charge is 0.308 e. The molecule has 1 aliphatic rings. The van der Waals surface area contributed by atoms with E-state index in [0.717, 1.165) is 40.9 Å². The van der Waals surface area contributed by atoms with Gasteiger partial charge in [-0.15, -0.1) is 0 Å². The third kappa shape index (κ3) is 4.44. The van der Waals surface area contributed by atoms with Gasteiger partial charge in [0.1, 0.15) is 0 Å². The topological polar surface area (TPSA) is 88.5 Å². The molecule has 0 aliphatic carbocycles. The number of nitrogens with one attached hydrogen (secondary N) is 1. The molecule has 2 heterocycles. The third-order valence-corrected chi connectivity index (χ3v) is 7.83.